The molecule has 1 saturated heterocycles. The number of carbonyl (C=O) groups excluding carboxylic acids is 1. The minimum atomic E-state index is -0.0200. The molecule has 0 N–H and O–H groups in total. The number of likely N-dealkylation sites (tertiary alicyclic amines) is 1. The molecule has 1 heterocycles. The zero-order valence-electron chi connectivity index (χ0n) is 11.5. The quantitative estimate of drug-likeness (QED) is 0.480. The van der Waals surface area contributed by atoms with Crippen LogP contribution in [-0.4, -0.2) is 36.5 Å². The Balaban J connectivity index is 2.07. The van der Waals surface area contributed by atoms with Gasteiger partial charge in [0, 0.05) is 24.0 Å². The fourth-order valence-electron chi connectivity index (χ4n) is 2.35. The second-order valence-corrected chi connectivity index (χ2v) is 4.66. The van der Waals surface area contributed by atoms with E-state index in [4.69, 9.17) is 10.3 Å². The van der Waals surface area contributed by atoms with E-state index >= 15 is 0 Å². The van der Waals surface area contributed by atoms with Crippen LogP contribution >= 0.6 is 0 Å². The number of hydrogen-bond acceptors (Lipinski definition) is 3. The van der Waals surface area contributed by atoms with Crippen LogP contribution in [0.15, 0.2) is 29.4 Å². The highest BCUT2D eigenvalue weighted by molar-refractivity contribution is 5.97. The number of hydrogen-bond donors (Lipinski definition) is 0. The molecule has 6 heteroatoms. The molecular formula is C14H18N4O2. The first-order valence-electron chi connectivity index (χ1n) is 6.81. The molecule has 2 rings (SSSR count). The third-order valence-corrected chi connectivity index (χ3v) is 3.38. The monoisotopic (exact) mass is 274 g/mol. The van der Waals surface area contributed by atoms with Gasteiger partial charge in [-0.25, -0.2) is 0 Å². The molecule has 0 bridgehead atoms. The summed E-state index contributed by atoms with van der Waals surface area (Å²) in [6, 6.07) is 7.29. The maximum absolute atomic E-state index is 12.5. The van der Waals surface area contributed by atoms with Gasteiger partial charge in [-0.05, 0) is 37.4 Å². The smallest absolute Gasteiger partial charge is 0.257 e. The van der Waals surface area contributed by atoms with Gasteiger partial charge in [-0.1, -0.05) is 17.2 Å². The molecule has 1 aromatic carbocycles. The lowest BCUT2D eigenvalue weighted by Crippen LogP contribution is -2.39. The first-order valence-corrected chi connectivity index (χ1v) is 6.81. The summed E-state index contributed by atoms with van der Waals surface area (Å²) in [6.07, 6.45) is 1.43. The second kappa shape index (κ2) is 6.82. The van der Waals surface area contributed by atoms with Gasteiger partial charge in [0.25, 0.3) is 5.91 Å². The first kappa shape index (κ1) is 14.2. The molecule has 1 aromatic rings. The Morgan fingerprint density at radius 2 is 2.15 bits per heavy atom. The van der Waals surface area contributed by atoms with Crippen molar-refractivity contribution in [3.05, 3.63) is 40.3 Å². The summed E-state index contributed by atoms with van der Waals surface area (Å²) in [4.78, 5) is 17.1. The van der Waals surface area contributed by atoms with Crippen LogP contribution in [0.25, 0.3) is 10.4 Å². The van der Waals surface area contributed by atoms with Crippen molar-refractivity contribution in [2.75, 3.05) is 19.7 Å². The summed E-state index contributed by atoms with van der Waals surface area (Å²) in [6.45, 7) is 3.65. The van der Waals surface area contributed by atoms with Gasteiger partial charge in [-0.3, -0.25) is 4.79 Å². The highest BCUT2D eigenvalue weighted by Crippen LogP contribution is 2.22. The Hall–Kier alpha value is -2.20. The molecule has 20 heavy (non-hydrogen) atoms. The molecule has 0 saturated carbocycles. The summed E-state index contributed by atoms with van der Waals surface area (Å²) in [5.74, 6) is 0.602. The van der Waals surface area contributed by atoms with Gasteiger partial charge in [0.2, 0.25) is 0 Å². The van der Waals surface area contributed by atoms with Crippen LogP contribution in [0.1, 0.15) is 30.1 Å². The lowest BCUT2D eigenvalue weighted by Gasteiger charge is -2.30. The summed E-state index contributed by atoms with van der Waals surface area (Å²) in [7, 11) is 0. The lowest BCUT2D eigenvalue weighted by molar-refractivity contribution is 0.0710. The number of ether oxygens (including phenoxy) is 1. The van der Waals surface area contributed by atoms with Gasteiger partial charge in [0.05, 0.1) is 12.2 Å². The number of rotatable bonds is 4. The van der Waals surface area contributed by atoms with E-state index in [1.807, 2.05) is 25.1 Å². The van der Waals surface area contributed by atoms with E-state index in [1.165, 1.54) is 0 Å². The number of azide groups is 1. The average Bonchev–Trinajstić information content (AvgIpc) is 2.49. The molecule has 1 aliphatic rings. The Kier molecular flexibility index (Phi) is 4.85. The van der Waals surface area contributed by atoms with Crippen LogP contribution in [0.2, 0.25) is 0 Å². The van der Waals surface area contributed by atoms with Crippen LogP contribution in [0.3, 0.4) is 0 Å². The summed E-state index contributed by atoms with van der Waals surface area (Å²) in [5.41, 5.74) is 9.02. The molecule has 106 valence electrons. The van der Waals surface area contributed by atoms with Crippen LogP contribution in [0.5, 0.6) is 5.75 Å². The highest BCUT2D eigenvalue weighted by atomic mass is 16.5. The number of benzene rings is 1. The maximum atomic E-state index is 12.5. The third-order valence-electron chi connectivity index (χ3n) is 3.38. The van der Waals surface area contributed by atoms with Gasteiger partial charge >= 0.3 is 0 Å². The largest absolute Gasteiger partial charge is 0.493 e. The van der Waals surface area contributed by atoms with E-state index in [0.29, 0.717) is 43.9 Å². The third kappa shape index (κ3) is 3.22. The molecule has 0 unspecified atom stereocenters. The van der Waals surface area contributed by atoms with Crippen molar-refractivity contribution in [3.8, 4) is 5.75 Å². The van der Waals surface area contributed by atoms with E-state index in [-0.39, 0.29) is 11.9 Å². The minimum absolute atomic E-state index is 0.00573. The van der Waals surface area contributed by atoms with Crippen molar-refractivity contribution in [1.82, 2.24) is 4.90 Å². The van der Waals surface area contributed by atoms with Crippen molar-refractivity contribution >= 4 is 5.91 Å². The van der Waals surface area contributed by atoms with Crippen molar-refractivity contribution in [2.24, 2.45) is 5.11 Å². The SMILES string of the molecule is CCOc1ccccc1C(=O)N1CCC(N=[N+]=[N-])CC1. The Morgan fingerprint density at radius 3 is 2.80 bits per heavy atom. The topological polar surface area (TPSA) is 78.3 Å². The van der Waals surface area contributed by atoms with Crippen molar-refractivity contribution < 1.29 is 9.53 Å². The van der Waals surface area contributed by atoms with E-state index in [2.05, 4.69) is 10.0 Å². The molecule has 0 spiro atoms. The molecule has 6 nitrogen and oxygen atoms in total. The minimum Gasteiger partial charge on any atom is -0.493 e. The average molecular weight is 274 g/mol. The summed E-state index contributed by atoms with van der Waals surface area (Å²) in [5, 5.41) is 3.72. The number of carbonyl (C=O) groups is 1. The molecule has 0 aromatic heterocycles. The standard InChI is InChI=1S/C14H18N4O2/c1-2-20-13-6-4-3-5-12(13)14(19)18-9-7-11(8-10-18)16-17-15/h3-6,11H,2,7-10H2,1H3. The van der Waals surface area contributed by atoms with Gasteiger partial charge in [-0.2, -0.15) is 0 Å². The lowest BCUT2D eigenvalue weighted by atomic mass is 10.0. The van der Waals surface area contributed by atoms with E-state index in [1.54, 1.807) is 11.0 Å². The number of piperidine rings is 1. The highest BCUT2D eigenvalue weighted by Gasteiger charge is 2.24. The van der Waals surface area contributed by atoms with Crippen LogP contribution in [0, 0.1) is 0 Å². The zero-order chi connectivity index (χ0) is 14.4. The van der Waals surface area contributed by atoms with E-state index in [0.717, 1.165) is 0 Å². The van der Waals surface area contributed by atoms with Crippen LogP contribution in [-0.2, 0) is 0 Å². The fraction of sp³-hybridized carbons (Fsp3) is 0.500. The molecule has 1 aliphatic heterocycles. The van der Waals surface area contributed by atoms with Crippen molar-refractivity contribution in [2.45, 2.75) is 25.8 Å². The van der Waals surface area contributed by atoms with Gasteiger partial charge in [0.1, 0.15) is 5.75 Å². The Morgan fingerprint density at radius 1 is 1.45 bits per heavy atom. The molecule has 0 atom stereocenters. The van der Waals surface area contributed by atoms with E-state index < -0.39 is 0 Å². The number of nitrogens with zero attached hydrogens (tertiary/aromatic N) is 4. The van der Waals surface area contributed by atoms with Gasteiger partial charge in [0.15, 0.2) is 0 Å². The van der Waals surface area contributed by atoms with Gasteiger partial charge in [-0.15, -0.1) is 0 Å². The second-order valence-electron chi connectivity index (χ2n) is 4.66. The van der Waals surface area contributed by atoms with Crippen molar-refractivity contribution in [1.29, 1.82) is 0 Å². The molecular weight excluding hydrogens is 256 g/mol. The molecule has 1 fully saturated rings. The number of para-hydroxylation sites is 1. The number of amides is 1. The van der Waals surface area contributed by atoms with Crippen molar-refractivity contribution in [3.63, 3.8) is 0 Å². The van der Waals surface area contributed by atoms with E-state index in [9.17, 15) is 4.79 Å². The first-order chi connectivity index (χ1) is 9.76. The predicted octanol–water partition coefficient (Wildman–Crippen LogP) is 3.00. The molecule has 0 radical (unpaired) electrons. The predicted molar refractivity (Wildman–Crippen MR) is 75.7 cm³/mol. The Labute approximate surface area is 118 Å². The summed E-state index contributed by atoms with van der Waals surface area (Å²) < 4.78 is 5.49. The van der Waals surface area contributed by atoms with Crippen LogP contribution in [0.4, 0.5) is 0 Å². The van der Waals surface area contributed by atoms with Crippen LogP contribution < -0.4 is 4.74 Å². The molecule has 0 aliphatic carbocycles. The van der Waals surface area contributed by atoms with Gasteiger partial charge < -0.3 is 9.64 Å². The fourth-order valence-corrected chi connectivity index (χ4v) is 2.35. The summed E-state index contributed by atoms with van der Waals surface area (Å²) >= 11 is 0. The maximum Gasteiger partial charge on any atom is 0.257 e. The normalized spacial score (nSPS) is 15.6. The molecule has 1 amide bonds. The zero-order valence-corrected chi connectivity index (χ0v) is 11.5. The Bertz CT molecular complexity index is 518.